The number of aryl methyl sites for hydroxylation is 1. The average Bonchev–Trinajstić information content (AvgIpc) is 2.33. The Morgan fingerprint density at radius 2 is 2.08 bits per heavy atom. The summed E-state index contributed by atoms with van der Waals surface area (Å²) in [6.07, 6.45) is 1.68. The zero-order valence-corrected chi connectivity index (χ0v) is 8.59. The highest BCUT2D eigenvalue weighted by Gasteiger charge is 2.05. The minimum absolute atomic E-state index is 0.00185. The third kappa shape index (κ3) is 3.78. The van der Waals surface area contributed by atoms with Gasteiger partial charge in [0.1, 0.15) is 11.5 Å². The van der Waals surface area contributed by atoms with Crippen molar-refractivity contribution in [3.05, 3.63) is 23.7 Å². The second-order valence-electron chi connectivity index (χ2n) is 4.07. The van der Waals surface area contributed by atoms with Gasteiger partial charge in [-0.3, -0.25) is 0 Å². The van der Waals surface area contributed by atoms with Gasteiger partial charge in [0.15, 0.2) is 0 Å². The summed E-state index contributed by atoms with van der Waals surface area (Å²) in [4.78, 5) is 0. The highest BCUT2D eigenvalue weighted by molar-refractivity contribution is 5.75. The molecule has 0 aliphatic heterocycles. The van der Waals surface area contributed by atoms with E-state index >= 15 is 0 Å². The first kappa shape index (κ1) is 9.84. The fourth-order valence-electron chi connectivity index (χ4n) is 0.812. The molecule has 1 aromatic rings. The van der Waals surface area contributed by atoms with E-state index in [1.54, 1.807) is 6.21 Å². The van der Waals surface area contributed by atoms with Crippen molar-refractivity contribution in [3.8, 4) is 0 Å². The maximum Gasteiger partial charge on any atom is 0.147 e. The van der Waals surface area contributed by atoms with Crippen molar-refractivity contribution in [2.45, 2.75) is 33.2 Å². The van der Waals surface area contributed by atoms with E-state index < -0.39 is 0 Å². The normalized spacial score (nSPS) is 12.3. The monoisotopic (exact) mass is 180 g/mol. The molecule has 0 aromatic carbocycles. The first-order valence-electron chi connectivity index (χ1n) is 4.34. The average molecular weight is 180 g/mol. The van der Waals surface area contributed by atoms with E-state index in [0.717, 1.165) is 11.5 Å². The second kappa shape index (κ2) is 3.64. The molecule has 0 aliphatic rings. The Kier molecular flexibility index (Phi) is 2.76. The standard InChI is InChI=1S/C10H16N2O/c1-8-5-6-9(13-8)7-11-12-10(2,3)4/h5-7,12H,1-4H3/b11-7+. The zero-order valence-electron chi connectivity index (χ0n) is 8.59. The summed E-state index contributed by atoms with van der Waals surface area (Å²) in [7, 11) is 0. The van der Waals surface area contributed by atoms with Crippen LogP contribution in [0.3, 0.4) is 0 Å². The summed E-state index contributed by atoms with van der Waals surface area (Å²) in [5.41, 5.74) is 2.99. The lowest BCUT2D eigenvalue weighted by molar-refractivity contribution is 0.441. The van der Waals surface area contributed by atoms with E-state index in [0.29, 0.717) is 0 Å². The molecular formula is C10H16N2O. The Morgan fingerprint density at radius 3 is 2.54 bits per heavy atom. The van der Waals surface area contributed by atoms with Crippen molar-refractivity contribution in [3.63, 3.8) is 0 Å². The van der Waals surface area contributed by atoms with Gasteiger partial charge in [0.25, 0.3) is 0 Å². The molecule has 0 saturated heterocycles. The molecule has 1 rings (SSSR count). The van der Waals surface area contributed by atoms with Gasteiger partial charge in [-0.05, 0) is 39.8 Å². The van der Waals surface area contributed by atoms with Crippen LogP contribution in [0.5, 0.6) is 0 Å². The molecule has 13 heavy (non-hydrogen) atoms. The SMILES string of the molecule is Cc1ccc(/C=N/NC(C)(C)C)o1. The molecular weight excluding hydrogens is 164 g/mol. The molecule has 0 radical (unpaired) electrons. The molecule has 0 amide bonds. The van der Waals surface area contributed by atoms with Gasteiger partial charge in [-0.25, -0.2) is 0 Å². The molecule has 0 aliphatic carbocycles. The van der Waals surface area contributed by atoms with Crippen LogP contribution in [0.15, 0.2) is 21.7 Å². The summed E-state index contributed by atoms with van der Waals surface area (Å²) < 4.78 is 5.31. The third-order valence-electron chi connectivity index (χ3n) is 1.35. The number of hydrogen-bond donors (Lipinski definition) is 1. The van der Waals surface area contributed by atoms with Gasteiger partial charge >= 0.3 is 0 Å². The quantitative estimate of drug-likeness (QED) is 0.560. The summed E-state index contributed by atoms with van der Waals surface area (Å²) in [5, 5.41) is 4.06. The number of nitrogens with zero attached hydrogens (tertiary/aromatic N) is 1. The molecule has 0 saturated carbocycles. The minimum atomic E-state index is -0.00185. The number of hydrazone groups is 1. The van der Waals surface area contributed by atoms with Crippen LogP contribution in [0.25, 0.3) is 0 Å². The lowest BCUT2D eigenvalue weighted by Gasteiger charge is -2.16. The second-order valence-corrected chi connectivity index (χ2v) is 4.07. The van der Waals surface area contributed by atoms with Crippen LogP contribution in [-0.4, -0.2) is 11.8 Å². The smallest absolute Gasteiger partial charge is 0.147 e. The predicted molar refractivity (Wildman–Crippen MR) is 53.9 cm³/mol. The zero-order chi connectivity index (χ0) is 9.90. The van der Waals surface area contributed by atoms with Crippen molar-refractivity contribution in [1.29, 1.82) is 0 Å². The van der Waals surface area contributed by atoms with Crippen molar-refractivity contribution in [2.24, 2.45) is 5.10 Å². The van der Waals surface area contributed by atoms with E-state index in [9.17, 15) is 0 Å². The Labute approximate surface area is 78.8 Å². The number of rotatable bonds is 2. The molecule has 0 unspecified atom stereocenters. The van der Waals surface area contributed by atoms with Crippen LogP contribution in [0.2, 0.25) is 0 Å². The lowest BCUT2D eigenvalue weighted by atomic mass is 10.1. The van der Waals surface area contributed by atoms with Gasteiger partial charge in [0.05, 0.1) is 6.21 Å². The van der Waals surface area contributed by atoms with Gasteiger partial charge in [0, 0.05) is 5.54 Å². The number of hydrogen-bond acceptors (Lipinski definition) is 3. The van der Waals surface area contributed by atoms with E-state index in [1.165, 1.54) is 0 Å². The topological polar surface area (TPSA) is 37.5 Å². The Hall–Kier alpha value is -1.25. The lowest BCUT2D eigenvalue weighted by Crippen LogP contribution is -2.31. The van der Waals surface area contributed by atoms with Crippen LogP contribution < -0.4 is 5.43 Å². The summed E-state index contributed by atoms with van der Waals surface area (Å²) in [6.45, 7) is 8.07. The molecule has 0 atom stereocenters. The number of nitrogens with one attached hydrogen (secondary N) is 1. The van der Waals surface area contributed by atoms with Crippen molar-refractivity contribution in [1.82, 2.24) is 5.43 Å². The van der Waals surface area contributed by atoms with Gasteiger partial charge < -0.3 is 9.84 Å². The van der Waals surface area contributed by atoms with Gasteiger partial charge in [0.2, 0.25) is 0 Å². The Bertz CT molecular complexity index is 294. The predicted octanol–water partition coefficient (Wildman–Crippen LogP) is 2.31. The van der Waals surface area contributed by atoms with E-state index in [-0.39, 0.29) is 5.54 Å². The van der Waals surface area contributed by atoms with Crippen molar-refractivity contribution >= 4 is 6.21 Å². The molecule has 1 aromatic heterocycles. The molecule has 1 N–H and O–H groups in total. The molecule has 3 heteroatoms. The molecule has 72 valence electrons. The molecule has 0 fully saturated rings. The highest BCUT2D eigenvalue weighted by atomic mass is 16.3. The van der Waals surface area contributed by atoms with E-state index in [2.05, 4.69) is 31.3 Å². The Morgan fingerprint density at radius 1 is 1.38 bits per heavy atom. The van der Waals surface area contributed by atoms with Crippen LogP contribution in [0, 0.1) is 6.92 Å². The maximum atomic E-state index is 5.31. The first-order chi connectivity index (χ1) is 5.97. The van der Waals surface area contributed by atoms with Gasteiger partial charge in [-0.1, -0.05) is 0 Å². The third-order valence-corrected chi connectivity index (χ3v) is 1.35. The van der Waals surface area contributed by atoms with Crippen molar-refractivity contribution in [2.75, 3.05) is 0 Å². The van der Waals surface area contributed by atoms with Crippen LogP contribution in [0.4, 0.5) is 0 Å². The van der Waals surface area contributed by atoms with Crippen LogP contribution >= 0.6 is 0 Å². The minimum Gasteiger partial charge on any atom is -0.460 e. The summed E-state index contributed by atoms with van der Waals surface area (Å²) in [5.74, 6) is 1.67. The largest absolute Gasteiger partial charge is 0.460 e. The van der Waals surface area contributed by atoms with Crippen LogP contribution in [0.1, 0.15) is 32.3 Å². The van der Waals surface area contributed by atoms with Crippen molar-refractivity contribution < 1.29 is 4.42 Å². The van der Waals surface area contributed by atoms with Crippen LogP contribution in [-0.2, 0) is 0 Å². The van der Waals surface area contributed by atoms with Gasteiger partial charge in [-0.15, -0.1) is 0 Å². The fraction of sp³-hybridized carbons (Fsp3) is 0.500. The molecule has 0 bridgehead atoms. The number of furan rings is 1. The fourth-order valence-corrected chi connectivity index (χ4v) is 0.812. The van der Waals surface area contributed by atoms with E-state index in [4.69, 9.17) is 4.42 Å². The summed E-state index contributed by atoms with van der Waals surface area (Å²) in [6, 6.07) is 3.81. The van der Waals surface area contributed by atoms with E-state index in [1.807, 2.05) is 19.1 Å². The summed E-state index contributed by atoms with van der Waals surface area (Å²) >= 11 is 0. The first-order valence-corrected chi connectivity index (χ1v) is 4.34. The molecule has 1 heterocycles. The Balaban J connectivity index is 2.50. The molecule has 3 nitrogen and oxygen atoms in total. The molecule has 0 spiro atoms. The van der Waals surface area contributed by atoms with Gasteiger partial charge in [-0.2, -0.15) is 5.10 Å². The maximum absolute atomic E-state index is 5.31. The highest BCUT2D eigenvalue weighted by Crippen LogP contribution is 2.03.